The molecule has 0 saturated heterocycles. The third kappa shape index (κ3) is 5.70. The predicted octanol–water partition coefficient (Wildman–Crippen LogP) is 5.87. The van der Waals surface area contributed by atoms with Crippen LogP contribution in [-0.4, -0.2) is 23.8 Å². The van der Waals surface area contributed by atoms with Crippen molar-refractivity contribution in [2.24, 2.45) is 0 Å². The second-order valence-corrected chi connectivity index (χ2v) is 8.25. The van der Waals surface area contributed by atoms with Gasteiger partial charge in [0.25, 0.3) is 0 Å². The molecular weight excluding hydrogens is 419 g/mol. The van der Waals surface area contributed by atoms with Crippen LogP contribution in [0.5, 0.6) is 5.75 Å². The van der Waals surface area contributed by atoms with Crippen LogP contribution in [-0.2, 0) is 10.5 Å². The summed E-state index contributed by atoms with van der Waals surface area (Å²) < 4.78 is 18.2. The van der Waals surface area contributed by atoms with Crippen LogP contribution in [0, 0.1) is 5.82 Å². The zero-order valence-electron chi connectivity index (χ0n) is 15.1. The number of thiazole rings is 1. The summed E-state index contributed by atoms with van der Waals surface area (Å²) >= 11 is 9.13. The molecule has 0 aliphatic rings. The highest BCUT2D eigenvalue weighted by molar-refractivity contribution is 7.98. The highest BCUT2D eigenvalue weighted by Gasteiger charge is 2.09. The predicted molar refractivity (Wildman–Crippen MR) is 115 cm³/mol. The third-order valence-electron chi connectivity index (χ3n) is 3.80. The minimum Gasteiger partial charge on any atom is -0.495 e. The van der Waals surface area contributed by atoms with E-state index in [2.05, 4.69) is 10.3 Å². The van der Waals surface area contributed by atoms with Gasteiger partial charge in [-0.1, -0.05) is 11.6 Å². The molecule has 3 aromatic rings. The molecule has 0 bridgehead atoms. The Morgan fingerprint density at radius 3 is 2.82 bits per heavy atom. The Hall–Kier alpha value is -2.09. The van der Waals surface area contributed by atoms with E-state index in [9.17, 15) is 9.18 Å². The molecule has 0 fully saturated rings. The summed E-state index contributed by atoms with van der Waals surface area (Å²) in [6.45, 7) is 0. The second kappa shape index (κ2) is 9.91. The molecule has 1 amide bonds. The van der Waals surface area contributed by atoms with Gasteiger partial charge < -0.3 is 10.1 Å². The van der Waals surface area contributed by atoms with Gasteiger partial charge in [0, 0.05) is 33.9 Å². The van der Waals surface area contributed by atoms with E-state index in [0.717, 1.165) is 16.3 Å². The van der Waals surface area contributed by atoms with Crippen LogP contribution < -0.4 is 10.1 Å². The van der Waals surface area contributed by atoms with Crippen LogP contribution in [0.25, 0.3) is 10.6 Å². The fourth-order valence-corrected chi connectivity index (χ4v) is 4.37. The monoisotopic (exact) mass is 436 g/mol. The molecule has 1 N–H and O–H groups in total. The summed E-state index contributed by atoms with van der Waals surface area (Å²) in [4.78, 5) is 16.7. The maximum absolute atomic E-state index is 13.0. The van der Waals surface area contributed by atoms with Crippen LogP contribution in [0.1, 0.15) is 12.1 Å². The number of rotatable bonds is 8. The molecule has 0 atom stereocenters. The number of anilines is 1. The SMILES string of the molecule is COc1ccc(Cl)cc1NC(=O)CCSCc1csc(-c2ccc(F)cc2)n1. The first-order valence-corrected chi connectivity index (χ1v) is 10.9. The van der Waals surface area contributed by atoms with Crippen molar-refractivity contribution in [2.45, 2.75) is 12.2 Å². The van der Waals surface area contributed by atoms with E-state index in [1.54, 1.807) is 49.2 Å². The van der Waals surface area contributed by atoms with Gasteiger partial charge in [-0.15, -0.1) is 11.3 Å². The number of hydrogen-bond acceptors (Lipinski definition) is 5. The quantitative estimate of drug-likeness (QED) is 0.448. The Balaban J connectivity index is 1.45. The summed E-state index contributed by atoms with van der Waals surface area (Å²) in [6, 6.07) is 11.4. The Bertz CT molecular complexity index is 948. The number of hydrogen-bond donors (Lipinski definition) is 1. The topological polar surface area (TPSA) is 51.2 Å². The van der Waals surface area contributed by atoms with E-state index in [1.807, 2.05) is 5.38 Å². The third-order valence-corrected chi connectivity index (χ3v) is 5.97. The number of ether oxygens (including phenoxy) is 1. The lowest BCUT2D eigenvalue weighted by molar-refractivity contribution is -0.115. The van der Waals surface area contributed by atoms with Crippen LogP contribution in [0.2, 0.25) is 5.02 Å². The van der Waals surface area contributed by atoms with Crippen LogP contribution in [0.3, 0.4) is 0 Å². The van der Waals surface area contributed by atoms with Crippen molar-refractivity contribution in [1.29, 1.82) is 0 Å². The van der Waals surface area contributed by atoms with Crippen molar-refractivity contribution < 1.29 is 13.9 Å². The Morgan fingerprint density at radius 1 is 1.29 bits per heavy atom. The first kappa shape index (κ1) is 20.6. The maximum Gasteiger partial charge on any atom is 0.225 e. The minimum atomic E-state index is -0.259. The number of amides is 1. The van der Waals surface area contributed by atoms with E-state index in [0.29, 0.717) is 34.4 Å². The first-order valence-electron chi connectivity index (χ1n) is 8.46. The Labute approximate surface area is 176 Å². The lowest BCUT2D eigenvalue weighted by atomic mass is 10.2. The highest BCUT2D eigenvalue weighted by atomic mass is 35.5. The molecule has 4 nitrogen and oxygen atoms in total. The van der Waals surface area contributed by atoms with E-state index >= 15 is 0 Å². The van der Waals surface area contributed by atoms with Gasteiger partial charge in [0.05, 0.1) is 18.5 Å². The van der Waals surface area contributed by atoms with Crippen molar-refractivity contribution in [1.82, 2.24) is 4.98 Å². The molecule has 0 radical (unpaired) electrons. The van der Waals surface area contributed by atoms with Gasteiger partial charge in [0.2, 0.25) is 5.91 Å². The van der Waals surface area contributed by atoms with Gasteiger partial charge in [-0.05, 0) is 42.5 Å². The molecule has 0 aliphatic heterocycles. The summed E-state index contributed by atoms with van der Waals surface area (Å²) in [5, 5.41) is 6.21. The average Bonchev–Trinajstić information content (AvgIpc) is 3.15. The first-order chi connectivity index (χ1) is 13.5. The molecule has 3 rings (SSSR count). The number of thioether (sulfide) groups is 1. The normalized spacial score (nSPS) is 10.7. The molecule has 0 aliphatic carbocycles. The molecule has 146 valence electrons. The standard InChI is InChI=1S/C20H18ClFN2O2S2/c1-26-18-7-4-14(21)10-17(18)24-19(25)8-9-27-11-16-12-28-20(23-16)13-2-5-15(22)6-3-13/h2-7,10,12H,8-9,11H2,1H3,(H,24,25). The fraction of sp³-hybridized carbons (Fsp3) is 0.200. The molecule has 8 heteroatoms. The highest BCUT2D eigenvalue weighted by Crippen LogP contribution is 2.28. The lowest BCUT2D eigenvalue weighted by Crippen LogP contribution is -2.13. The van der Waals surface area contributed by atoms with Gasteiger partial charge in [0.1, 0.15) is 16.6 Å². The number of methoxy groups -OCH3 is 1. The average molecular weight is 437 g/mol. The van der Waals surface area contributed by atoms with E-state index in [4.69, 9.17) is 16.3 Å². The molecule has 0 saturated carbocycles. The summed E-state index contributed by atoms with van der Waals surface area (Å²) in [6.07, 6.45) is 0.370. The molecular formula is C20H18ClFN2O2S2. The summed E-state index contributed by atoms with van der Waals surface area (Å²) in [5.74, 6) is 1.59. The van der Waals surface area contributed by atoms with Crippen molar-refractivity contribution in [2.75, 3.05) is 18.2 Å². The Morgan fingerprint density at radius 2 is 2.07 bits per heavy atom. The van der Waals surface area contributed by atoms with Crippen molar-refractivity contribution in [3.05, 3.63) is 64.4 Å². The number of benzene rings is 2. The largest absolute Gasteiger partial charge is 0.495 e. The second-order valence-electron chi connectivity index (χ2n) is 5.85. The van der Waals surface area contributed by atoms with Crippen molar-refractivity contribution in [3.63, 3.8) is 0 Å². The minimum absolute atomic E-state index is 0.0988. The van der Waals surface area contributed by atoms with E-state index in [1.165, 1.54) is 23.5 Å². The van der Waals surface area contributed by atoms with Crippen molar-refractivity contribution in [3.8, 4) is 16.3 Å². The van der Waals surface area contributed by atoms with Gasteiger partial charge >= 0.3 is 0 Å². The van der Waals surface area contributed by atoms with E-state index in [-0.39, 0.29) is 11.7 Å². The number of nitrogens with one attached hydrogen (secondary N) is 1. The van der Waals surface area contributed by atoms with Crippen molar-refractivity contribution >= 4 is 46.3 Å². The smallest absolute Gasteiger partial charge is 0.225 e. The fourth-order valence-electron chi connectivity index (χ4n) is 2.43. The van der Waals surface area contributed by atoms with Gasteiger partial charge in [-0.2, -0.15) is 11.8 Å². The lowest BCUT2D eigenvalue weighted by Gasteiger charge is -2.10. The molecule has 28 heavy (non-hydrogen) atoms. The number of aromatic nitrogens is 1. The summed E-state index contributed by atoms with van der Waals surface area (Å²) in [5.41, 5.74) is 2.41. The van der Waals surface area contributed by atoms with Gasteiger partial charge in [-0.25, -0.2) is 9.37 Å². The number of carbonyl (C=O) groups excluding carboxylic acids is 1. The van der Waals surface area contributed by atoms with Gasteiger partial charge in [0.15, 0.2) is 0 Å². The maximum atomic E-state index is 13.0. The number of nitrogens with zero attached hydrogens (tertiary/aromatic N) is 1. The molecule has 1 heterocycles. The van der Waals surface area contributed by atoms with Crippen LogP contribution in [0.4, 0.5) is 10.1 Å². The zero-order chi connectivity index (χ0) is 19.9. The van der Waals surface area contributed by atoms with Crippen LogP contribution >= 0.6 is 34.7 Å². The molecule has 0 spiro atoms. The van der Waals surface area contributed by atoms with Gasteiger partial charge in [-0.3, -0.25) is 4.79 Å². The number of halogens is 2. The van der Waals surface area contributed by atoms with E-state index < -0.39 is 0 Å². The number of carbonyl (C=O) groups is 1. The summed E-state index contributed by atoms with van der Waals surface area (Å²) in [7, 11) is 1.54. The molecule has 1 aromatic heterocycles. The molecule has 2 aromatic carbocycles. The molecule has 0 unspecified atom stereocenters. The van der Waals surface area contributed by atoms with Crippen LogP contribution in [0.15, 0.2) is 47.8 Å². The Kier molecular flexibility index (Phi) is 7.30. The zero-order valence-corrected chi connectivity index (χ0v) is 17.5.